The Morgan fingerprint density at radius 2 is 1.97 bits per heavy atom. The first kappa shape index (κ1) is 23.7. The van der Waals surface area contributed by atoms with Crippen LogP contribution in [0.1, 0.15) is 78.3 Å². The molecule has 184 valence electrons. The van der Waals surface area contributed by atoms with Crippen LogP contribution in [0.3, 0.4) is 0 Å². The molecule has 2 N–H and O–H groups in total. The summed E-state index contributed by atoms with van der Waals surface area (Å²) in [5.74, 6) is 5.71. The van der Waals surface area contributed by atoms with Crippen LogP contribution in [0.4, 0.5) is 10.5 Å². The molecule has 7 heteroatoms. The third kappa shape index (κ3) is 4.59. The van der Waals surface area contributed by atoms with Gasteiger partial charge in [0.25, 0.3) is 0 Å². The molecule has 0 bridgehead atoms. The number of carbonyl (C=O) groups is 2. The summed E-state index contributed by atoms with van der Waals surface area (Å²) in [4.78, 5) is 24.4. The molecule has 7 nitrogen and oxygen atoms in total. The molecule has 36 heavy (non-hydrogen) atoms. The number of amides is 1. The van der Waals surface area contributed by atoms with Gasteiger partial charge in [0.1, 0.15) is 17.5 Å². The van der Waals surface area contributed by atoms with Crippen molar-refractivity contribution in [1.29, 1.82) is 0 Å². The number of fused-ring (bicyclic) bond motifs is 1. The van der Waals surface area contributed by atoms with Crippen LogP contribution in [0, 0.1) is 24.2 Å². The first-order valence-corrected chi connectivity index (χ1v) is 12.2. The van der Waals surface area contributed by atoms with Crippen molar-refractivity contribution in [2.24, 2.45) is 5.41 Å². The van der Waals surface area contributed by atoms with Gasteiger partial charge in [-0.2, -0.15) is 0 Å². The van der Waals surface area contributed by atoms with E-state index < -0.39 is 23.6 Å². The number of nitrogens with zero attached hydrogens (tertiary/aromatic N) is 1. The number of carboxylic acid groups (broad SMARTS) is 1. The summed E-state index contributed by atoms with van der Waals surface area (Å²) < 4.78 is 10.9. The van der Waals surface area contributed by atoms with E-state index in [0.717, 1.165) is 54.4 Å². The molecule has 1 heterocycles. The van der Waals surface area contributed by atoms with Gasteiger partial charge < -0.3 is 14.4 Å². The topological polar surface area (TPSA) is 102 Å². The quantitative estimate of drug-likeness (QED) is 0.432. The third-order valence-electron chi connectivity index (χ3n) is 7.30. The summed E-state index contributed by atoms with van der Waals surface area (Å²) in [5.41, 5.74) is 4.28. The fourth-order valence-corrected chi connectivity index (χ4v) is 5.13. The van der Waals surface area contributed by atoms with Gasteiger partial charge in [0.05, 0.1) is 5.41 Å². The van der Waals surface area contributed by atoms with Gasteiger partial charge in [0.2, 0.25) is 5.76 Å². The molecular formula is C29H28N2O5. The number of aromatic nitrogens is 1. The Labute approximate surface area is 209 Å². The molecule has 2 aliphatic carbocycles. The zero-order valence-electron chi connectivity index (χ0n) is 20.3. The molecule has 1 amide bonds. The van der Waals surface area contributed by atoms with Crippen molar-refractivity contribution < 1.29 is 24.0 Å². The number of carboxylic acids is 1. The van der Waals surface area contributed by atoms with E-state index in [2.05, 4.69) is 22.3 Å². The monoisotopic (exact) mass is 484 g/mol. The number of benzene rings is 2. The minimum absolute atomic E-state index is 0.0674. The molecule has 0 saturated heterocycles. The molecule has 2 aromatic carbocycles. The summed E-state index contributed by atoms with van der Waals surface area (Å²) in [5, 5.41) is 16.4. The highest BCUT2D eigenvalue weighted by molar-refractivity contribution is 5.87. The Morgan fingerprint density at radius 3 is 2.69 bits per heavy atom. The Bertz CT molecular complexity index is 1360. The van der Waals surface area contributed by atoms with Crippen molar-refractivity contribution >= 4 is 17.7 Å². The molecule has 5 rings (SSSR count). The van der Waals surface area contributed by atoms with E-state index in [0.29, 0.717) is 11.4 Å². The molecule has 0 radical (unpaired) electrons. The number of carbonyl (C=O) groups excluding carboxylic acids is 1. The average Bonchev–Trinajstić information content (AvgIpc) is 3.63. The standard InChI is InChI=1S/C29H28N2O5/c1-18-26(30-28(34)35-19(2)21-7-4-3-5-8-21)25(36-31-18)14-12-20-11-13-23-22(17-20)9-6-10-24(23)29(15-16-29)27(32)33/h3-5,7-8,11,13,17,19,24H,6,9-10,15-16H2,1-2H3,(H,30,34)(H,32,33). The van der Waals surface area contributed by atoms with Crippen molar-refractivity contribution in [3.8, 4) is 11.8 Å². The number of anilines is 1. The molecule has 1 fully saturated rings. The normalized spacial score (nSPS) is 18.2. The Morgan fingerprint density at radius 1 is 1.19 bits per heavy atom. The molecule has 1 saturated carbocycles. The van der Waals surface area contributed by atoms with Gasteiger partial charge in [-0.3, -0.25) is 10.1 Å². The van der Waals surface area contributed by atoms with Gasteiger partial charge in [0, 0.05) is 11.5 Å². The summed E-state index contributed by atoms with van der Waals surface area (Å²) in [6.07, 6.45) is 3.26. The van der Waals surface area contributed by atoms with E-state index in [1.54, 1.807) is 13.8 Å². The minimum Gasteiger partial charge on any atom is -0.481 e. The third-order valence-corrected chi connectivity index (χ3v) is 7.30. The van der Waals surface area contributed by atoms with Crippen molar-refractivity contribution in [1.82, 2.24) is 5.16 Å². The lowest BCUT2D eigenvalue weighted by atomic mass is 9.73. The molecule has 0 aliphatic heterocycles. The van der Waals surface area contributed by atoms with Crippen LogP contribution >= 0.6 is 0 Å². The van der Waals surface area contributed by atoms with Crippen LogP contribution in [0.25, 0.3) is 0 Å². The molecule has 0 spiro atoms. The fraction of sp³-hybridized carbons (Fsp3) is 0.345. The summed E-state index contributed by atoms with van der Waals surface area (Å²) in [7, 11) is 0. The number of aryl methyl sites for hydroxylation is 2. The highest BCUT2D eigenvalue weighted by Crippen LogP contribution is 2.59. The second-order valence-corrected chi connectivity index (χ2v) is 9.63. The lowest BCUT2D eigenvalue weighted by Crippen LogP contribution is -2.26. The molecular weight excluding hydrogens is 456 g/mol. The van der Waals surface area contributed by atoms with Gasteiger partial charge in [-0.05, 0) is 80.7 Å². The zero-order valence-corrected chi connectivity index (χ0v) is 20.3. The van der Waals surface area contributed by atoms with Crippen molar-refractivity contribution in [3.05, 3.63) is 82.2 Å². The van der Waals surface area contributed by atoms with Gasteiger partial charge in [-0.15, -0.1) is 0 Å². The molecule has 3 aromatic rings. The largest absolute Gasteiger partial charge is 0.481 e. The average molecular weight is 485 g/mol. The van der Waals surface area contributed by atoms with E-state index in [9.17, 15) is 14.7 Å². The first-order valence-electron chi connectivity index (χ1n) is 12.2. The Kier molecular flexibility index (Phi) is 6.27. The van der Waals surface area contributed by atoms with Crippen molar-refractivity contribution in [2.45, 2.75) is 58.0 Å². The number of hydrogen-bond donors (Lipinski definition) is 2. The Hall–Kier alpha value is -4.05. The second-order valence-electron chi connectivity index (χ2n) is 9.63. The fourth-order valence-electron chi connectivity index (χ4n) is 5.13. The molecule has 2 aliphatic rings. The number of ether oxygens (including phenoxy) is 1. The first-order chi connectivity index (χ1) is 17.4. The minimum atomic E-state index is -0.679. The maximum absolute atomic E-state index is 12.5. The van der Waals surface area contributed by atoms with Gasteiger partial charge in [-0.1, -0.05) is 47.5 Å². The number of hydrogen-bond acceptors (Lipinski definition) is 5. The predicted molar refractivity (Wildman–Crippen MR) is 134 cm³/mol. The van der Waals surface area contributed by atoms with Gasteiger partial charge in [0.15, 0.2) is 0 Å². The van der Waals surface area contributed by atoms with Gasteiger partial charge >= 0.3 is 12.1 Å². The number of nitrogens with one attached hydrogen (secondary N) is 1. The van der Waals surface area contributed by atoms with E-state index in [1.165, 1.54) is 0 Å². The van der Waals surface area contributed by atoms with Crippen molar-refractivity contribution in [3.63, 3.8) is 0 Å². The van der Waals surface area contributed by atoms with E-state index >= 15 is 0 Å². The lowest BCUT2D eigenvalue weighted by molar-refractivity contribution is -0.144. The lowest BCUT2D eigenvalue weighted by Gasteiger charge is -2.30. The van der Waals surface area contributed by atoms with Crippen LogP contribution in [0.5, 0.6) is 0 Å². The van der Waals surface area contributed by atoms with Crippen LogP contribution < -0.4 is 5.32 Å². The number of rotatable bonds is 5. The zero-order chi connectivity index (χ0) is 25.3. The maximum atomic E-state index is 12.5. The summed E-state index contributed by atoms with van der Waals surface area (Å²) in [6, 6.07) is 15.5. The van der Waals surface area contributed by atoms with Crippen LogP contribution in [-0.2, 0) is 16.0 Å². The van der Waals surface area contributed by atoms with Crippen molar-refractivity contribution in [2.75, 3.05) is 5.32 Å². The predicted octanol–water partition coefficient (Wildman–Crippen LogP) is 5.98. The maximum Gasteiger partial charge on any atom is 0.412 e. The SMILES string of the molecule is Cc1noc(C#Cc2ccc3c(c2)CCCC3C2(C(=O)O)CC2)c1NC(=O)OC(C)c1ccccc1. The molecule has 2 atom stereocenters. The van der Waals surface area contributed by atoms with E-state index in [-0.39, 0.29) is 11.7 Å². The van der Waals surface area contributed by atoms with E-state index in [4.69, 9.17) is 9.26 Å². The summed E-state index contributed by atoms with van der Waals surface area (Å²) >= 11 is 0. The number of aliphatic carboxylic acids is 1. The highest BCUT2D eigenvalue weighted by atomic mass is 16.6. The van der Waals surface area contributed by atoms with Crippen LogP contribution in [0.2, 0.25) is 0 Å². The second kappa shape index (κ2) is 9.54. The van der Waals surface area contributed by atoms with Gasteiger partial charge in [-0.25, -0.2) is 4.79 Å². The summed E-state index contributed by atoms with van der Waals surface area (Å²) in [6.45, 7) is 3.53. The molecule has 1 aromatic heterocycles. The Balaban J connectivity index is 1.31. The van der Waals surface area contributed by atoms with Crippen LogP contribution in [0.15, 0.2) is 53.1 Å². The van der Waals surface area contributed by atoms with Crippen LogP contribution in [-0.4, -0.2) is 22.3 Å². The van der Waals surface area contributed by atoms with E-state index in [1.807, 2.05) is 48.5 Å². The molecule has 2 unspecified atom stereocenters. The highest BCUT2D eigenvalue weighted by Gasteiger charge is 2.56. The smallest absolute Gasteiger partial charge is 0.412 e.